The predicted octanol–water partition coefficient (Wildman–Crippen LogP) is 0.951. The number of methoxy groups -OCH3 is 1. The Balaban J connectivity index is 2.83. The lowest BCUT2D eigenvalue weighted by Crippen LogP contribution is -2.65. The predicted molar refractivity (Wildman–Crippen MR) is 55.2 cm³/mol. The highest BCUT2D eigenvalue weighted by Gasteiger charge is 2.47. The number of hydrogen-bond acceptors (Lipinski definition) is 3. The smallest absolute Gasteiger partial charge is 0.379 e. The van der Waals surface area contributed by atoms with E-state index < -0.39 is 30.3 Å². The summed E-state index contributed by atoms with van der Waals surface area (Å²) < 4.78 is 41.8. The van der Waals surface area contributed by atoms with Crippen molar-refractivity contribution in [1.29, 1.82) is 0 Å². The van der Waals surface area contributed by atoms with Gasteiger partial charge in [-0.25, -0.2) is 0 Å². The molecule has 0 heterocycles. The summed E-state index contributed by atoms with van der Waals surface area (Å²) in [7, 11) is 1.38. The molecule has 0 aromatic carbocycles. The zero-order chi connectivity index (χ0) is 13.1. The number of nitrogens with one attached hydrogen (secondary N) is 1. The summed E-state index contributed by atoms with van der Waals surface area (Å²) in [6.45, 7) is -1.24. The van der Waals surface area contributed by atoms with Gasteiger partial charge in [-0.05, 0) is 12.8 Å². The zero-order valence-corrected chi connectivity index (χ0v) is 9.64. The van der Waals surface area contributed by atoms with Crippen LogP contribution < -0.4 is 11.1 Å². The first-order valence-electron chi connectivity index (χ1n) is 5.46. The molecule has 0 radical (unpaired) electrons. The maximum absolute atomic E-state index is 12.2. The van der Waals surface area contributed by atoms with Crippen LogP contribution in [-0.4, -0.2) is 37.4 Å². The van der Waals surface area contributed by atoms with Crippen molar-refractivity contribution in [2.24, 2.45) is 5.73 Å². The van der Waals surface area contributed by atoms with Gasteiger partial charge in [0.15, 0.2) is 0 Å². The van der Waals surface area contributed by atoms with Crippen molar-refractivity contribution < 1.29 is 22.7 Å². The van der Waals surface area contributed by atoms with Gasteiger partial charge in [0.1, 0.15) is 5.54 Å². The van der Waals surface area contributed by atoms with Crippen LogP contribution in [0.5, 0.6) is 0 Å². The Kier molecular flexibility index (Phi) is 4.37. The second kappa shape index (κ2) is 5.22. The fraction of sp³-hybridized carbons (Fsp3) is 0.900. The molecule has 0 aliphatic heterocycles. The largest absolute Gasteiger partial charge is 0.401 e. The zero-order valence-electron chi connectivity index (χ0n) is 9.64. The fourth-order valence-corrected chi connectivity index (χ4v) is 2.29. The molecule has 1 aliphatic carbocycles. The molecule has 1 aliphatic rings. The second-order valence-electron chi connectivity index (χ2n) is 4.27. The number of carbonyl (C=O) groups excluding carboxylic acids is 1. The van der Waals surface area contributed by atoms with E-state index in [-0.39, 0.29) is 6.42 Å². The van der Waals surface area contributed by atoms with Crippen molar-refractivity contribution in [3.05, 3.63) is 0 Å². The van der Waals surface area contributed by atoms with E-state index in [9.17, 15) is 18.0 Å². The number of ether oxygens (including phenoxy) is 1. The average molecular weight is 254 g/mol. The Labute approximate surface area is 97.7 Å². The van der Waals surface area contributed by atoms with E-state index in [4.69, 9.17) is 10.5 Å². The van der Waals surface area contributed by atoms with Crippen LogP contribution in [0.3, 0.4) is 0 Å². The molecule has 7 heteroatoms. The number of amides is 1. The minimum atomic E-state index is -4.38. The topological polar surface area (TPSA) is 64.3 Å². The highest BCUT2D eigenvalue weighted by molar-refractivity contribution is 5.85. The molecular weight excluding hydrogens is 237 g/mol. The summed E-state index contributed by atoms with van der Waals surface area (Å²) in [6, 6.07) is 0. The van der Waals surface area contributed by atoms with E-state index in [2.05, 4.69) is 5.32 Å². The van der Waals surface area contributed by atoms with Crippen molar-refractivity contribution in [3.63, 3.8) is 0 Å². The van der Waals surface area contributed by atoms with Gasteiger partial charge in [-0.2, -0.15) is 13.2 Å². The average Bonchev–Trinajstić information content (AvgIpc) is 2.25. The summed E-state index contributed by atoms with van der Waals surface area (Å²) in [5.74, 6) is -0.784. The molecular formula is C10H17F3N2O2. The Morgan fingerprint density at radius 1 is 1.53 bits per heavy atom. The van der Waals surface area contributed by atoms with Gasteiger partial charge in [0, 0.05) is 7.11 Å². The normalized spacial score (nSPS) is 30.2. The van der Waals surface area contributed by atoms with E-state index in [0.717, 1.165) is 6.42 Å². The van der Waals surface area contributed by atoms with Gasteiger partial charge >= 0.3 is 6.18 Å². The monoisotopic (exact) mass is 254 g/mol. The fourth-order valence-electron chi connectivity index (χ4n) is 2.29. The van der Waals surface area contributed by atoms with Crippen molar-refractivity contribution in [2.45, 2.75) is 43.5 Å². The number of hydrogen-bond donors (Lipinski definition) is 2. The van der Waals surface area contributed by atoms with Crippen molar-refractivity contribution in [2.75, 3.05) is 13.7 Å². The molecule has 1 saturated carbocycles. The molecule has 1 rings (SSSR count). The molecule has 0 saturated heterocycles. The molecule has 1 fully saturated rings. The molecule has 100 valence electrons. The first-order chi connectivity index (χ1) is 7.82. The SMILES string of the molecule is COC1CCCCC1(NCC(F)(F)F)C(N)=O. The summed E-state index contributed by atoms with van der Waals surface area (Å²) in [4.78, 5) is 11.5. The standard InChI is InChI=1S/C10H17F3N2O2/c1-17-7-4-2-3-5-9(7,8(14)16)15-6-10(11,12)13/h7,15H,2-6H2,1H3,(H2,14,16). The molecule has 3 N–H and O–H groups in total. The molecule has 0 spiro atoms. The van der Waals surface area contributed by atoms with Gasteiger partial charge in [0.2, 0.25) is 5.91 Å². The van der Waals surface area contributed by atoms with Gasteiger partial charge in [-0.15, -0.1) is 0 Å². The molecule has 2 atom stereocenters. The number of halogens is 3. The van der Waals surface area contributed by atoms with Gasteiger partial charge in [0.25, 0.3) is 0 Å². The molecule has 1 amide bonds. The summed E-state index contributed by atoms with van der Waals surface area (Å²) >= 11 is 0. The van der Waals surface area contributed by atoms with E-state index in [0.29, 0.717) is 12.8 Å². The molecule has 4 nitrogen and oxygen atoms in total. The van der Waals surface area contributed by atoms with Gasteiger partial charge in [-0.1, -0.05) is 12.8 Å². The lowest BCUT2D eigenvalue weighted by Gasteiger charge is -2.41. The lowest BCUT2D eigenvalue weighted by molar-refractivity contribution is -0.146. The first-order valence-corrected chi connectivity index (χ1v) is 5.46. The third-order valence-corrected chi connectivity index (χ3v) is 3.17. The third-order valence-electron chi connectivity index (χ3n) is 3.17. The van der Waals surface area contributed by atoms with Crippen LogP contribution in [0.15, 0.2) is 0 Å². The molecule has 2 unspecified atom stereocenters. The highest BCUT2D eigenvalue weighted by atomic mass is 19.4. The lowest BCUT2D eigenvalue weighted by atomic mass is 9.78. The van der Waals surface area contributed by atoms with Crippen molar-refractivity contribution in [1.82, 2.24) is 5.32 Å². The van der Waals surface area contributed by atoms with Crippen LogP contribution in [0.2, 0.25) is 0 Å². The number of nitrogens with two attached hydrogens (primary N) is 1. The number of carbonyl (C=O) groups is 1. The maximum Gasteiger partial charge on any atom is 0.401 e. The van der Waals surface area contributed by atoms with Gasteiger partial charge in [0.05, 0.1) is 12.6 Å². The second-order valence-corrected chi connectivity index (χ2v) is 4.27. The number of alkyl halides is 3. The Morgan fingerprint density at radius 2 is 2.18 bits per heavy atom. The van der Waals surface area contributed by atoms with E-state index in [1.165, 1.54) is 7.11 Å². The first kappa shape index (κ1) is 14.2. The molecule has 17 heavy (non-hydrogen) atoms. The Bertz CT molecular complexity index is 283. The maximum atomic E-state index is 12.2. The summed E-state index contributed by atoms with van der Waals surface area (Å²) in [6.07, 6.45) is -2.69. The third kappa shape index (κ3) is 3.32. The van der Waals surface area contributed by atoms with Gasteiger partial charge in [-0.3, -0.25) is 10.1 Å². The minimum Gasteiger partial charge on any atom is -0.379 e. The Hall–Kier alpha value is -0.820. The van der Waals surface area contributed by atoms with E-state index in [1.54, 1.807) is 0 Å². The number of rotatable bonds is 4. The van der Waals surface area contributed by atoms with E-state index in [1.807, 2.05) is 0 Å². The summed E-state index contributed by atoms with van der Waals surface area (Å²) in [5.41, 5.74) is 3.85. The van der Waals surface area contributed by atoms with E-state index >= 15 is 0 Å². The van der Waals surface area contributed by atoms with Crippen LogP contribution in [-0.2, 0) is 9.53 Å². The van der Waals surface area contributed by atoms with Crippen LogP contribution in [0, 0.1) is 0 Å². The molecule has 0 aromatic rings. The van der Waals surface area contributed by atoms with Gasteiger partial charge < -0.3 is 10.5 Å². The van der Waals surface area contributed by atoms with Crippen LogP contribution in [0.25, 0.3) is 0 Å². The Morgan fingerprint density at radius 3 is 2.65 bits per heavy atom. The van der Waals surface area contributed by atoms with Crippen LogP contribution in [0.1, 0.15) is 25.7 Å². The highest BCUT2D eigenvalue weighted by Crippen LogP contribution is 2.31. The molecule has 0 aromatic heterocycles. The quantitative estimate of drug-likeness (QED) is 0.785. The number of primary amides is 1. The van der Waals surface area contributed by atoms with Crippen molar-refractivity contribution in [3.8, 4) is 0 Å². The van der Waals surface area contributed by atoms with Crippen LogP contribution in [0.4, 0.5) is 13.2 Å². The van der Waals surface area contributed by atoms with Crippen molar-refractivity contribution >= 4 is 5.91 Å². The van der Waals surface area contributed by atoms with Crippen LogP contribution >= 0.6 is 0 Å². The summed E-state index contributed by atoms with van der Waals surface area (Å²) in [5, 5.41) is 2.25. The minimum absolute atomic E-state index is 0.275. The molecule has 0 bridgehead atoms.